The summed E-state index contributed by atoms with van der Waals surface area (Å²) in [5.74, 6) is -0.467. The first kappa shape index (κ1) is 97.7. The van der Waals surface area contributed by atoms with Gasteiger partial charge in [-0.25, -0.2) is 17.6 Å². The minimum Gasteiger partial charge on any atom is -0.350 e. The van der Waals surface area contributed by atoms with Crippen LogP contribution in [0, 0.1) is 68.7 Å². The number of H-pyrrole nitrogens is 4. The second-order valence-corrected chi connectivity index (χ2v) is 37.0. The summed E-state index contributed by atoms with van der Waals surface area (Å²) in [5.41, 5.74) is 66.8. The lowest BCUT2D eigenvalue weighted by Gasteiger charge is -2.16. The van der Waals surface area contributed by atoms with Crippen molar-refractivity contribution in [2.75, 3.05) is 39.3 Å². The van der Waals surface area contributed by atoms with Crippen LogP contribution in [0.5, 0.6) is 0 Å². The number of amides is 4. The van der Waals surface area contributed by atoms with Crippen molar-refractivity contribution < 1.29 is 36.7 Å². The number of nitrogens with one attached hydrogen (secondary N) is 8. The van der Waals surface area contributed by atoms with E-state index in [9.17, 15) is 36.7 Å². The predicted molar refractivity (Wildman–Crippen MR) is 550 cm³/mol. The van der Waals surface area contributed by atoms with Crippen molar-refractivity contribution in [2.24, 2.45) is 57.9 Å². The molecule has 19 nitrogen and oxygen atoms in total. The molecule has 0 radical (unpaired) electrons. The highest BCUT2D eigenvalue weighted by Crippen LogP contribution is 2.42. The molecule has 0 aliphatic heterocycles. The van der Waals surface area contributed by atoms with Gasteiger partial charge in [0, 0.05) is 122 Å². The van der Waals surface area contributed by atoms with E-state index in [2.05, 4.69) is 196 Å². The van der Waals surface area contributed by atoms with E-state index in [0.29, 0.717) is 79.8 Å². The molecule has 2 aliphatic rings. The molecule has 12 aromatic carbocycles. The summed E-state index contributed by atoms with van der Waals surface area (Å²) in [5, 5.41) is 15.7. The quantitative estimate of drug-likeness (QED) is 0.0181. The Bertz CT molecular complexity index is 6830. The molecule has 4 aromatic heterocycles. The van der Waals surface area contributed by atoms with E-state index in [1.54, 1.807) is 48.5 Å². The molecule has 2 unspecified atom stereocenters. The molecule has 16 aromatic rings. The molecule has 2 fully saturated rings. The minimum absolute atomic E-state index is 0.0725. The summed E-state index contributed by atoms with van der Waals surface area (Å²) in [7, 11) is 0. The van der Waals surface area contributed by atoms with Crippen molar-refractivity contribution in [3.63, 3.8) is 0 Å². The maximum absolute atomic E-state index is 13.7. The van der Waals surface area contributed by atoms with Crippen molar-refractivity contribution in [3.05, 3.63) is 335 Å². The molecule has 2 saturated carbocycles. The van der Waals surface area contributed by atoms with E-state index in [4.69, 9.17) is 40.1 Å². The Morgan fingerprint density at radius 3 is 0.869 bits per heavy atom. The average Bonchev–Trinajstić information content (AvgIpc) is 1.63. The number of aromatic amines is 4. The van der Waals surface area contributed by atoms with Gasteiger partial charge in [0.2, 0.25) is 0 Å². The highest BCUT2D eigenvalue weighted by molar-refractivity contribution is 6.14. The Balaban J connectivity index is 0.000000139. The van der Waals surface area contributed by atoms with Crippen LogP contribution in [0.15, 0.2) is 267 Å². The lowest BCUT2D eigenvalue weighted by molar-refractivity contribution is 0.0936. The van der Waals surface area contributed by atoms with Gasteiger partial charge in [0.1, 0.15) is 46.0 Å². The van der Waals surface area contributed by atoms with Gasteiger partial charge in [0.05, 0.1) is 0 Å². The van der Waals surface area contributed by atoms with Gasteiger partial charge in [0.25, 0.3) is 23.6 Å². The van der Waals surface area contributed by atoms with Crippen LogP contribution in [0.1, 0.15) is 142 Å². The normalized spacial score (nSPS) is 14.6. The third-order valence-corrected chi connectivity index (χ3v) is 26.2. The van der Waals surface area contributed by atoms with Crippen molar-refractivity contribution in [1.82, 2.24) is 41.2 Å². The van der Waals surface area contributed by atoms with E-state index in [1.165, 1.54) is 83.6 Å². The van der Waals surface area contributed by atoms with Crippen LogP contribution in [-0.2, 0) is 0 Å². The van der Waals surface area contributed by atoms with Crippen LogP contribution in [-0.4, -0.2) is 113 Å². The summed E-state index contributed by atoms with van der Waals surface area (Å²) in [4.78, 5) is 66.4. The third kappa shape index (κ3) is 24.9. The lowest BCUT2D eigenvalue weighted by atomic mass is 9.98. The molecule has 706 valence electrons. The molecule has 0 bridgehead atoms. The molecule has 7 atom stereocenters. The number of hydrogen-bond acceptors (Lipinski definition) is 11. The van der Waals surface area contributed by atoms with Crippen LogP contribution in [0.4, 0.5) is 17.6 Å². The Morgan fingerprint density at radius 2 is 0.584 bits per heavy atom. The van der Waals surface area contributed by atoms with Gasteiger partial charge < -0.3 is 81.3 Å². The standard InChI is InChI=1S/C30H33FN4O.C28H27F2N3O.C28H31FN4O.C28H32N4O/c1-18-2-4-19(5-3-18)22-10-14-25-27(16-22)35-29(28(25)21-8-11-23(31)12-9-21)30(36)34-17-24(32)13-15-26(33)20-6-7-20;29-22-8-3-19(4-9-22)21-7-12-24-25(14-21)33-27(26(24)20-5-10-23(30)11-6-20)28(34)32-16-18-2-1-17(13-18)15-31;1-17-3-6-19(7-4-17)21-10-14-24-25(15-21)33-27(26(24)20-8-11-22(29)12-9-20)28(34)32-16-23(31)13-5-18(2)30;1-18-5-9-20(10-6-18)22-13-14-24-25(16-22)32-27(26(24)21-11-7-19(2)8-12-21)28(33)31-17-23(30)4-3-15-29/h2-5,8-12,14,16,20,24,26,35H,6-7,13,15,17,32-33H2,1H3,(H,34,36);3-12,14,17-18,33H,1-2,13,15-16,31H2,(H,32,34);3-4,6-12,14-15,18,23,33H,5,13,16,30-31H2,1-2H3,(H,32,34);5-14,16,23,32H,3-4,15,17,29-30H2,1-2H3,(H,31,33)/t24-,26?;17-,18+;18?,23-;23-/m0100/s1. The topological polar surface area (TPSA) is 362 Å². The second-order valence-electron chi connectivity index (χ2n) is 37.0. The molecule has 4 amide bonds. The number of aromatic nitrogens is 4. The number of rotatable bonds is 31. The predicted octanol–water partition coefficient (Wildman–Crippen LogP) is 21.5. The monoisotopic (exact) mass is 1840 g/mol. The van der Waals surface area contributed by atoms with Gasteiger partial charge in [-0.2, -0.15) is 0 Å². The number of hydrogen-bond donors (Lipinski definition) is 15. The van der Waals surface area contributed by atoms with Crippen LogP contribution in [0.2, 0.25) is 0 Å². The lowest BCUT2D eigenvalue weighted by Crippen LogP contribution is -2.38. The maximum Gasteiger partial charge on any atom is 0.268 e. The first-order valence-electron chi connectivity index (χ1n) is 47.4. The van der Waals surface area contributed by atoms with E-state index in [0.717, 1.165) is 190 Å². The van der Waals surface area contributed by atoms with Crippen LogP contribution >= 0.6 is 0 Å². The number of carbonyl (C=O) groups is 4. The van der Waals surface area contributed by atoms with Crippen molar-refractivity contribution >= 4 is 67.2 Å². The van der Waals surface area contributed by atoms with Crippen molar-refractivity contribution in [3.8, 4) is 89.0 Å². The third-order valence-electron chi connectivity index (χ3n) is 26.2. The summed E-state index contributed by atoms with van der Waals surface area (Å²) < 4.78 is 54.2. The first-order valence-corrected chi connectivity index (χ1v) is 47.4. The second kappa shape index (κ2) is 45.2. The molecule has 22 N–H and O–H groups in total. The molecule has 0 spiro atoms. The Hall–Kier alpha value is -13.9. The number of nitrogens with two attached hydrogens (primary N) is 7. The van der Waals surface area contributed by atoms with E-state index >= 15 is 0 Å². The van der Waals surface area contributed by atoms with Crippen LogP contribution < -0.4 is 61.4 Å². The van der Waals surface area contributed by atoms with Gasteiger partial charge in [-0.1, -0.05) is 216 Å². The number of aryl methyl sites for hydroxylation is 4. The summed E-state index contributed by atoms with van der Waals surface area (Å²) in [6.07, 6.45) is 10.4. The molecule has 0 saturated heterocycles. The SMILES string of the molecule is Cc1ccc(-c2ccc3c(-c4ccc(C)cc4)c(C(=O)NC[C@@H](N)CCCN)[nH]c3c2)cc1.Cc1ccc(-c2ccc3c(-c4ccc(F)cc4)c(C(=O)NC[C@@H](N)CCC(C)N)[nH]c3c2)cc1.Cc1ccc(-c2ccc3c(-c4ccc(F)cc4)c(C(=O)NC[C@@H](N)CCC(N)C4CC4)[nH]c3c2)cc1.NC[C@@H]1CC[C@H](CNC(=O)c2[nH]c3cc(-c4ccc(F)cc4)ccc3c2-c2ccc(F)cc2)C1. The van der Waals surface area contributed by atoms with Gasteiger partial charge >= 0.3 is 0 Å². The van der Waals surface area contributed by atoms with E-state index in [-0.39, 0.29) is 77.1 Å². The Labute approximate surface area is 797 Å². The van der Waals surface area contributed by atoms with Gasteiger partial charge in [-0.15, -0.1) is 0 Å². The highest BCUT2D eigenvalue weighted by Gasteiger charge is 2.31. The van der Waals surface area contributed by atoms with E-state index < -0.39 is 0 Å². The molecule has 2 aliphatic carbocycles. The van der Waals surface area contributed by atoms with Crippen molar-refractivity contribution in [1.29, 1.82) is 0 Å². The molecule has 137 heavy (non-hydrogen) atoms. The fraction of sp³-hybridized carbons (Fsp3) is 0.263. The van der Waals surface area contributed by atoms with Gasteiger partial charge in [-0.05, 0) is 276 Å². The largest absolute Gasteiger partial charge is 0.350 e. The zero-order valence-corrected chi connectivity index (χ0v) is 78.2. The highest BCUT2D eigenvalue weighted by atomic mass is 19.1. The zero-order chi connectivity index (χ0) is 96.5. The molecule has 23 heteroatoms. The van der Waals surface area contributed by atoms with Gasteiger partial charge in [-0.3, -0.25) is 19.2 Å². The Kier molecular flexibility index (Phi) is 32.2. The Morgan fingerprint density at radius 1 is 0.321 bits per heavy atom. The number of carbonyl (C=O) groups excluding carboxylic acids is 4. The fourth-order valence-corrected chi connectivity index (χ4v) is 18.0. The molecule has 4 heterocycles. The van der Waals surface area contributed by atoms with Crippen LogP contribution in [0.25, 0.3) is 133 Å². The number of halogens is 4. The number of fused-ring (bicyclic) bond motifs is 4. The fourth-order valence-electron chi connectivity index (χ4n) is 18.0. The molecular weight excluding hydrogens is 1720 g/mol. The summed E-state index contributed by atoms with van der Waals surface area (Å²) in [6, 6.07) is 82.5. The summed E-state index contributed by atoms with van der Waals surface area (Å²) >= 11 is 0. The van der Waals surface area contributed by atoms with E-state index in [1.807, 2.05) is 49.4 Å². The minimum atomic E-state index is -0.330. The average molecular weight is 1840 g/mol. The maximum atomic E-state index is 13.7. The molecular formula is C114H123F4N15O4. The molecule has 18 rings (SSSR count). The zero-order valence-electron chi connectivity index (χ0n) is 78.2. The van der Waals surface area contributed by atoms with Crippen LogP contribution in [0.3, 0.4) is 0 Å². The van der Waals surface area contributed by atoms with Crippen molar-refractivity contribution in [2.45, 2.75) is 135 Å². The summed E-state index contributed by atoms with van der Waals surface area (Å²) in [6.45, 7) is 13.2. The number of benzene rings is 12. The van der Waals surface area contributed by atoms with Gasteiger partial charge in [0.15, 0.2) is 0 Å². The first-order chi connectivity index (χ1) is 66.2. The smallest absolute Gasteiger partial charge is 0.268 e.